The smallest absolute Gasteiger partial charge is 0.341 e. The molecule has 6 rings (SSSR count). The van der Waals surface area contributed by atoms with E-state index >= 15 is 0 Å². The van der Waals surface area contributed by atoms with E-state index in [0.717, 1.165) is 16.9 Å². The van der Waals surface area contributed by atoms with Crippen LogP contribution >= 0.6 is 0 Å². The fourth-order valence-corrected chi connectivity index (χ4v) is 5.05. The maximum Gasteiger partial charge on any atom is 0.341 e. The first kappa shape index (κ1) is 24.4. The monoisotopic (exact) mass is 524 g/mol. The van der Waals surface area contributed by atoms with Crippen LogP contribution in [0.4, 0.5) is 15.8 Å². The number of carboxylic acid groups (broad SMARTS) is 1. The third-order valence-electron chi connectivity index (χ3n) is 7.08. The summed E-state index contributed by atoms with van der Waals surface area (Å²) in [5, 5.41) is 14.2. The van der Waals surface area contributed by atoms with Gasteiger partial charge in [0.25, 0.3) is 0 Å². The summed E-state index contributed by atoms with van der Waals surface area (Å²) in [7, 11) is 0. The molecule has 0 aliphatic carbocycles. The molecule has 0 atom stereocenters. The Balaban J connectivity index is 1.34. The van der Waals surface area contributed by atoms with Crippen LogP contribution in [-0.2, 0) is 6.54 Å². The topological polar surface area (TPSA) is 96.5 Å². The Bertz CT molecular complexity index is 1710. The summed E-state index contributed by atoms with van der Waals surface area (Å²) in [6, 6.07) is 19.9. The van der Waals surface area contributed by atoms with Gasteiger partial charge in [-0.3, -0.25) is 4.79 Å². The van der Waals surface area contributed by atoms with Gasteiger partial charge < -0.3 is 19.5 Å². The molecule has 1 N–H and O–H groups in total. The van der Waals surface area contributed by atoms with Crippen molar-refractivity contribution < 1.29 is 14.3 Å². The Morgan fingerprint density at radius 3 is 2.33 bits per heavy atom. The van der Waals surface area contributed by atoms with Gasteiger partial charge in [-0.25, -0.2) is 18.9 Å². The van der Waals surface area contributed by atoms with Gasteiger partial charge in [-0.05, 0) is 48.0 Å². The summed E-state index contributed by atoms with van der Waals surface area (Å²) in [6.07, 6.45) is 4.50. The predicted octanol–water partition coefficient (Wildman–Crippen LogP) is 3.79. The van der Waals surface area contributed by atoms with Gasteiger partial charge >= 0.3 is 5.97 Å². The Morgan fingerprint density at radius 2 is 1.64 bits per heavy atom. The lowest BCUT2D eigenvalue weighted by atomic mass is 10.1. The molecule has 0 bridgehead atoms. The van der Waals surface area contributed by atoms with Gasteiger partial charge in [0.2, 0.25) is 5.43 Å². The molecular formula is C29H25FN6O3. The van der Waals surface area contributed by atoms with Crippen molar-refractivity contribution >= 4 is 28.2 Å². The number of benzene rings is 3. The van der Waals surface area contributed by atoms with E-state index < -0.39 is 11.4 Å². The molecule has 0 unspecified atom stereocenters. The molecule has 0 saturated carbocycles. The molecule has 1 fully saturated rings. The first-order valence-electron chi connectivity index (χ1n) is 12.6. The normalized spacial score (nSPS) is 13.7. The Morgan fingerprint density at radius 1 is 0.923 bits per heavy atom. The van der Waals surface area contributed by atoms with Gasteiger partial charge in [0.1, 0.15) is 24.0 Å². The minimum Gasteiger partial charge on any atom is -0.477 e. The van der Waals surface area contributed by atoms with Crippen molar-refractivity contribution in [3.8, 4) is 5.69 Å². The number of piperazine rings is 1. The average molecular weight is 525 g/mol. The van der Waals surface area contributed by atoms with Crippen LogP contribution in [0.5, 0.6) is 0 Å². The fraction of sp³-hybridized carbons (Fsp3) is 0.172. The zero-order valence-corrected chi connectivity index (χ0v) is 20.9. The van der Waals surface area contributed by atoms with Gasteiger partial charge in [0.15, 0.2) is 0 Å². The van der Waals surface area contributed by atoms with Crippen LogP contribution in [0.2, 0.25) is 0 Å². The van der Waals surface area contributed by atoms with Crippen LogP contribution in [0.25, 0.3) is 16.6 Å². The maximum atomic E-state index is 14.3. The third kappa shape index (κ3) is 4.72. The molecule has 0 radical (unpaired) electrons. The summed E-state index contributed by atoms with van der Waals surface area (Å²) in [5.74, 6) is -1.51. The quantitative estimate of drug-likeness (QED) is 0.361. The number of nitrogens with zero attached hydrogens (tertiary/aromatic N) is 6. The Hall–Kier alpha value is -4.99. The molecule has 0 amide bonds. The molecule has 0 spiro atoms. The standard InChI is InChI=1S/C29H25FN6O3/c30-25-3-1-2-4-26(25)34-13-11-33(12-14-34)22-9-10-23-27(15-22)36(17-24(28(23)37)29(38)39)21-7-5-20(6-8-21)16-35-19-31-18-32-35/h1-10,15,17-19H,11-14,16H2,(H,38,39). The number of hydrogen-bond acceptors (Lipinski definition) is 6. The minimum atomic E-state index is -1.27. The molecule has 5 aromatic rings. The number of halogens is 1. The molecule has 1 aliphatic rings. The fourth-order valence-electron chi connectivity index (χ4n) is 5.05. The third-order valence-corrected chi connectivity index (χ3v) is 7.08. The number of aromatic carboxylic acids is 1. The molecule has 3 heterocycles. The second kappa shape index (κ2) is 10.1. The first-order valence-corrected chi connectivity index (χ1v) is 12.6. The molecule has 1 aliphatic heterocycles. The lowest BCUT2D eigenvalue weighted by Gasteiger charge is -2.37. The Labute approximate surface area is 223 Å². The van der Waals surface area contributed by atoms with Crippen LogP contribution in [0.3, 0.4) is 0 Å². The van der Waals surface area contributed by atoms with Crippen molar-refractivity contribution in [2.24, 2.45) is 0 Å². The van der Waals surface area contributed by atoms with Crippen LogP contribution in [0.1, 0.15) is 15.9 Å². The van der Waals surface area contributed by atoms with Gasteiger partial charge in [0, 0.05) is 49.1 Å². The molecule has 3 aromatic carbocycles. The highest BCUT2D eigenvalue weighted by molar-refractivity contribution is 5.94. The average Bonchev–Trinajstić information content (AvgIpc) is 3.47. The van der Waals surface area contributed by atoms with Crippen molar-refractivity contribution in [1.29, 1.82) is 0 Å². The molecule has 196 valence electrons. The number of carboxylic acids is 1. The van der Waals surface area contributed by atoms with E-state index in [1.165, 1.54) is 18.6 Å². The van der Waals surface area contributed by atoms with Gasteiger partial charge in [0.05, 0.1) is 17.7 Å². The zero-order valence-electron chi connectivity index (χ0n) is 20.9. The molecule has 1 saturated heterocycles. The van der Waals surface area contributed by atoms with E-state index in [9.17, 15) is 19.1 Å². The van der Waals surface area contributed by atoms with E-state index in [4.69, 9.17) is 0 Å². The van der Waals surface area contributed by atoms with Crippen LogP contribution < -0.4 is 15.2 Å². The van der Waals surface area contributed by atoms with E-state index in [-0.39, 0.29) is 11.4 Å². The summed E-state index contributed by atoms with van der Waals surface area (Å²) in [5.41, 5.74) is 3.04. The Kier molecular flexibility index (Phi) is 6.28. The second-order valence-corrected chi connectivity index (χ2v) is 9.43. The van der Waals surface area contributed by atoms with E-state index in [0.29, 0.717) is 49.3 Å². The van der Waals surface area contributed by atoms with E-state index in [1.807, 2.05) is 47.4 Å². The second-order valence-electron chi connectivity index (χ2n) is 9.43. The summed E-state index contributed by atoms with van der Waals surface area (Å²) in [4.78, 5) is 33.1. The van der Waals surface area contributed by atoms with Crippen molar-refractivity contribution in [2.45, 2.75) is 6.54 Å². The van der Waals surface area contributed by atoms with Crippen molar-refractivity contribution in [3.05, 3.63) is 113 Å². The number of para-hydroxylation sites is 1. The van der Waals surface area contributed by atoms with Crippen molar-refractivity contribution in [1.82, 2.24) is 19.3 Å². The molecule has 9 nitrogen and oxygen atoms in total. The minimum absolute atomic E-state index is 0.234. The van der Waals surface area contributed by atoms with E-state index in [1.54, 1.807) is 33.8 Å². The number of hydrogen-bond donors (Lipinski definition) is 1. The molecule has 10 heteroatoms. The van der Waals surface area contributed by atoms with E-state index in [2.05, 4.69) is 15.0 Å². The molecular weight excluding hydrogens is 499 g/mol. The van der Waals surface area contributed by atoms with Crippen molar-refractivity contribution in [2.75, 3.05) is 36.0 Å². The number of aromatic nitrogens is 4. The number of anilines is 2. The lowest BCUT2D eigenvalue weighted by Crippen LogP contribution is -2.46. The maximum absolute atomic E-state index is 14.3. The summed E-state index contributed by atoms with van der Waals surface area (Å²) < 4.78 is 17.7. The molecule has 39 heavy (non-hydrogen) atoms. The van der Waals surface area contributed by atoms with Gasteiger partial charge in [-0.1, -0.05) is 24.3 Å². The highest BCUT2D eigenvalue weighted by atomic mass is 19.1. The molecule has 2 aromatic heterocycles. The number of pyridine rings is 1. The van der Waals surface area contributed by atoms with Crippen LogP contribution in [0.15, 0.2) is 90.4 Å². The largest absolute Gasteiger partial charge is 0.477 e. The lowest BCUT2D eigenvalue weighted by molar-refractivity contribution is 0.0695. The van der Waals surface area contributed by atoms with Crippen LogP contribution in [0, 0.1) is 5.82 Å². The van der Waals surface area contributed by atoms with Crippen molar-refractivity contribution in [3.63, 3.8) is 0 Å². The van der Waals surface area contributed by atoms with Crippen LogP contribution in [-0.4, -0.2) is 56.6 Å². The number of rotatable bonds is 6. The van der Waals surface area contributed by atoms with Gasteiger partial charge in [-0.15, -0.1) is 0 Å². The first-order chi connectivity index (χ1) is 19.0. The predicted molar refractivity (Wildman–Crippen MR) is 146 cm³/mol. The number of carbonyl (C=O) groups is 1. The number of fused-ring (bicyclic) bond motifs is 1. The highest BCUT2D eigenvalue weighted by Gasteiger charge is 2.21. The summed E-state index contributed by atoms with van der Waals surface area (Å²) in [6.45, 7) is 3.20. The summed E-state index contributed by atoms with van der Waals surface area (Å²) >= 11 is 0. The van der Waals surface area contributed by atoms with Gasteiger partial charge in [-0.2, -0.15) is 5.10 Å². The zero-order chi connectivity index (χ0) is 26.9. The highest BCUT2D eigenvalue weighted by Crippen LogP contribution is 2.27. The SMILES string of the molecule is O=C(O)c1cn(-c2ccc(Cn3cncn3)cc2)c2cc(N3CCN(c4ccccc4F)CC3)ccc2c1=O.